The van der Waals surface area contributed by atoms with Crippen LogP contribution in [-0.4, -0.2) is 28.0 Å². The SMILES string of the molecule is COC(=O)c1cccc2c(-c3c[nH]c4ccc([N+](=O)[O-])cc34)c[nH]c12. The molecule has 0 aliphatic heterocycles. The molecule has 7 nitrogen and oxygen atoms in total. The summed E-state index contributed by atoms with van der Waals surface area (Å²) in [6.45, 7) is 0. The highest BCUT2D eigenvalue weighted by atomic mass is 16.6. The highest BCUT2D eigenvalue weighted by molar-refractivity contribution is 6.10. The number of nitrogens with one attached hydrogen (secondary N) is 2. The van der Waals surface area contributed by atoms with Crippen molar-refractivity contribution in [2.75, 3.05) is 7.11 Å². The lowest BCUT2D eigenvalue weighted by Crippen LogP contribution is -2.01. The number of ether oxygens (including phenoxy) is 1. The van der Waals surface area contributed by atoms with Gasteiger partial charge in [-0.1, -0.05) is 12.1 Å². The van der Waals surface area contributed by atoms with Crippen LogP contribution < -0.4 is 0 Å². The summed E-state index contributed by atoms with van der Waals surface area (Å²) in [7, 11) is 1.34. The average molecular weight is 335 g/mol. The molecule has 2 aromatic heterocycles. The van der Waals surface area contributed by atoms with E-state index in [4.69, 9.17) is 4.74 Å². The van der Waals surface area contributed by atoms with Gasteiger partial charge in [-0.15, -0.1) is 0 Å². The number of benzene rings is 2. The first-order chi connectivity index (χ1) is 12.1. The van der Waals surface area contributed by atoms with Crippen molar-refractivity contribution in [2.24, 2.45) is 0 Å². The standard InChI is InChI=1S/C18H13N3O4/c1-25-18(22)12-4-2-3-11-14(9-20-17(11)12)15-8-19-16-6-5-10(21(23)24)7-13(15)16/h2-9,19-20H,1H3. The van der Waals surface area contributed by atoms with Crippen molar-refractivity contribution in [3.8, 4) is 11.1 Å². The monoisotopic (exact) mass is 335 g/mol. The Morgan fingerprint density at radius 1 is 1.08 bits per heavy atom. The quantitative estimate of drug-likeness (QED) is 0.335. The van der Waals surface area contributed by atoms with Gasteiger partial charge in [-0.2, -0.15) is 0 Å². The minimum absolute atomic E-state index is 0.0310. The molecular weight excluding hydrogens is 322 g/mol. The number of fused-ring (bicyclic) bond motifs is 2. The van der Waals surface area contributed by atoms with Crippen LogP contribution in [0.4, 0.5) is 5.69 Å². The Morgan fingerprint density at radius 3 is 2.60 bits per heavy atom. The summed E-state index contributed by atoms with van der Waals surface area (Å²) < 4.78 is 4.82. The molecule has 124 valence electrons. The van der Waals surface area contributed by atoms with Gasteiger partial charge >= 0.3 is 5.97 Å². The molecule has 0 fully saturated rings. The summed E-state index contributed by atoms with van der Waals surface area (Å²) >= 11 is 0. The Bertz CT molecular complexity index is 1140. The molecule has 0 aliphatic carbocycles. The third-order valence-electron chi connectivity index (χ3n) is 4.29. The number of carbonyl (C=O) groups is 1. The number of non-ortho nitro benzene ring substituents is 1. The number of nitro benzene ring substituents is 1. The summed E-state index contributed by atoms with van der Waals surface area (Å²) in [4.78, 5) is 28.8. The fourth-order valence-corrected chi connectivity index (χ4v) is 3.10. The number of nitrogens with zero attached hydrogens (tertiary/aromatic N) is 1. The molecular formula is C18H13N3O4. The number of esters is 1. The summed E-state index contributed by atoms with van der Waals surface area (Å²) in [5.41, 5.74) is 3.63. The van der Waals surface area contributed by atoms with Gasteiger partial charge in [0.1, 0.15) is 0 Å². The van der Waals surface area contributed by atoms with E-state index in [9.17, 15) is 14.9 Å². The van der Waals surface area contributed by atoms with Gasteiger partial charge in [0.15, 0.2) is 0 Å². The maximum Gasteiger partial charge on any atom is 0.339 e. The number of H-pyrrole nitrogens is 2. The molecule has 0 saturated heterocycles. The Kier molecular flexibility index (Phi) is 3.28. The van der Waals surface area contributed by atoms with E-state index >= 15 is 0 Å². The molecule has 25 heavy (non-hydrogen) atoms. The van der Waals surface area contributed by atoms with Gasteiger partial charge in [0.25, 0.3) is 5.69 Å². The van der Waals surface area contributed by atoms with E-state index in [2.05, 4.69) is 9.97 Å². The van der Waals surface area contributed by atoms with Crippen molar-refractivity contribution in [1.29, 1.82) is 0 Å². The van der Waals surface area contributed by atoms with Crippen LogP contribution in [0.1, 0.15) is 10.4 Å². The van der Waals surface area contributed by atoms with E-state index in [1.54, 1.807) is 30.5 Å². The molecule has 4 rings (SSSR count). The minimum Gasteiger partial charge on any atom is -0.465 e. The predicted molar refractivity (Wildman–Crippen MR) is 93.6 cm³/mol. The fourth-order valence-electron chi connectivity index (χ4n) is 3.10. The molecule has 7 heteroatoms. The van der Waals surface area contributed by atoms with Crippen molar-refractivity contribution in [1.82, 2.24) is 9.97 Å². The molecule has 0 amide bonds. The van der Waals surface area contributed by atoms with Crippen molar-refractivity contribution < 1.29 is 14.5 Å². The van der Waals surface area contributed by atoms with E-state index in [1.165, 1.54) is 13.2 Å². The Hall–Kier alpha value is -3.61. The lowest BCUT2D eigenvalue weighted by molar-refractivity contribution is -0.384. The van der Waals surface area contributed by atoms with Crippen LogP contribution in [0.25, 0.3) is 32.9 Å². The third kappa shape index (κ3) is 2.25. The molecule has 0 aliphatic rings. The van der Waals surface area contributed by atoms with Gasteiger partial charge in [0.2, 0.25) is 0 Å². The second kappa shape index (κ2) is 5.48. The topological polar surface area (TPSA) is 101 Å². The number of hydrogen-bond donors (Lipinski definition) is 2. The van der Waals surface area contributed by atoms with Crippen LogP contribution in [0.2, 0.25) is 0 Å². The predicted octanol–water partition coefficient (Wildman–Crippen LogP) is 4.01. The van der Waals surface area contributed by atoms with Gasteiger partial charge in [0, 0.05) is 51.9 Å². The van der Waals surface area contributed by atoms with E-state index in [0.29, 0.717) is 11.1 Å². The molecule has 0 spiro atoms. The zero-order valence-electron chi connectivity index (χ0n) is 13.2. The number of carbonyl (C=O) groups excluding carboxylic acids is 1. The third-order valence-corrected chi connectivity index (χ3v) is 4.29. The summed E-state index contributed by atoms with van der Waals surface area (Å²) in [5.74, 6) is -0.423. The molecule has 2 heterocycles. The van der Waals surface area contributed by atoms with E-state index in [-0.39, 0.29) is 5.69 Å². The molecule has 4 aromatic rings. The minimum atomic E-state index is -0.423. The first-order valence-electron chi connectivity index (χ1n) is 7.54. The number of hydrogen-bond acceptors (Lipinski definition) is 4. The average Bonchev–Trinajstić information content (AvgIpc) is 3.23. The van der Waals surface area contributed by atoms with Crippen LogP contribution >= 0.6 is 0 Å². The molecule has 0 unspecified atom stereocenters. The van der Waals surface area contributed by atoms with Crippen LogP contribution in [0.5, 0.6) is 0 Å². The maximum absolute atomic E-state index is 11.9. The number of aromatic nitrogens is 2. The van der Waals surface area contributed by atoms with Gasteiger partial charge in [-0.25, -0.2) is 4.79 Å². The number of rotatable bonds is 3. The van der Waals surface area contributed by atoms with Crippen LogP contribution in [-0.2, 0) is 4.74 Å². The molecule has 2 aromatic carbocycles. The van der Waals surface area contributed by atoms with E-state index in [1.807, 2.05) is 12.3 Å². The summed E-state index contributed by atoms with van der Waals surface area (Å²) in [5, 5.41) is 12.7. The highest BCUT2D eigenvalue weighted by Gasteiger charge is 2.17. The number of methoxy groups -OCH3 is 1. The van der Waals surface area contributed by atoms with E-state index in [0.717, 1.165) is 27.4 Å². The maximum atomic E-state index is 11.9. The summed E-state index contributed by atoms with van der Waals surface area (Å²) in [6, 6.07) is 10.1. The number of nitro groups is 1. The second-order valence-electron chi connectivity index (χ2n) is 5.61. The van der Waals surface area contributed by atoms with Crippen molar-refractivity contribution in [2.45, 2.75) is 0 Å². The first kappa shape index (κ1) is 14.9. The molecule has 0 radical (unpaired) electrons. The van der Waals surface area contributed by atoms with Gasteiger partial charge in [0.05, 0.1) is 23.1 Å². The largest absolute Gasteiger partial charge is 0.465 e. The van der Waals surface area contributed by atoms with Gasteiger partial charge in [-0.3, -0.25) is 10.1 Å². The second-order valence-corrected chi connectivity index (χ2v) is 5.61. The normalized spacial score (nSPS) is 11.1. The Morgan fingerprint density at radius 2 is 1.84 bits per heavy atom. The van der Waals surface area contributed by atoms with Gasteiger partial charge < -0.3 is 14.7 Å². The number of para-hydroxylation sites is 1. The van der Waals surface area contributed by atoms with Crippen molar-refractivity contribution >= 4 is 33.5 Å². The zero-order valence-corrected chi connectivity index (χ0v) is 13.2. The van der Waals surface area contributed by atoms with Crippen molar-refractivity contribution in [3.05, 3.63) is 64.5 Å². The Labute approximate surface area is 141 Å². The van der Waals surface area contributed by atoms with E-state index < -0.39 is 10.9 Å². The van der Waals surface area contributed by atoms with Crippen molar-refractivity contribution in [3.63, 3.8) is 0 Å². The molecule has 0 bridgehead atoms. The van der Waals surface area contributed by atoms with Gasteiger partial charge in [-0.05, 0) is 12.1 Å². The highest BCUT2D eigenvalue weighted by Crippen LogP contribution is 2.36. The zero-order chi connectivity index (χ0) is 17.6. The first-order valence-corrected chi connectivity index (χ1v) is 7.54. The molecule has 2 N–H and O–H groups in total. The molecule has 0 atom stereocenters. The summed E-state index contributed by atoms with van der Waals surface area (Å²) in [6.07, 6.45) is 3.60. The smallest absolute Gasteiger partial charge is 0.339 e. The molecule has 0 saturated carbocycles. The number of aromatic amines is 2. The Balaban J connectivity index is 1.96. The lowest BCUT2D eigenvalue weighted by Gasteiger charge is -2.02. The lowest BCUT2D eigenvalue weighted by atomic mass is 10.0. The van der Waals surface area contributed by atoms with Crippen LogP contribution in [0.3, 0.4) is 0 Å². The van der Waals surface area contributed by atoms with Crippen LogP contribution in [0.15, 0.2) is 48.8 Å². The fraction of sp³-hybridized carbons (Fsp3) is 0.0556. The van der Waals surface area contributed by atoms with Crippen LogP contribution in [0, 0.1) is 10.1 Å².